The van der Waals surface area contributed by atoms with Crippen LogP contribution in [0.2, 0.25) is 0 Å². The van der Waals surface area contributed by atoms with Gasteiger partial charge in [0.05, 0.1) is 23.1 Å². The molecule has 3 rings (SSSR count). The van der Waals surface area contributed by atoms with E-state index in [0.717, 1.165) is 11.1 Å². The zero-order valence-corrected chi connectivity index (χ0v) is 19.1. The number of carbonyl (C=O) groups is 1. The third-order valence-electron chi connectivity index (χ3n) is 5.37. The number of amides is 1. The third kappa shape index (κ3) is 4.82. The summed E-state index contributed by atoms with van der Waals surface area (Å²) in [4.78, 5) is 14.9. The summed E-state index contributed by atoms with van der Waals surface area (Å²) in [5.74, 6) is -0.288. The van der Waals surface area contributed by atoms with Crippen LogP contribution >= 0.6 is 0 Å². The molecule has 0 unspecified atom stereocenters. The summed E-state index contributed by atoms with van der Waals surface area (Å²) in [5.41, 5.74) is 3.75. The highest BCUT2D eigenvalue weighted by molar-refractivity contribution is 7.92. The molecule has 0 saturated carbocycles. The van der Waals surface area contributed by atoms with Crippen LogP contribution in [0.3, 0.4) is 0 Å². The van der Waals surface area contributed by atoms with E-state index in [1.54, 1.807) is 29.2 Å². The molecule has 0 aromatic heterocycles. The van der Waals surface area contributed by atoms with E-state index in [0.29, 0.717) is 16.9 Å². The van der Waals surface area contributed by atoms with Gasteiger partial charge in [-0.1, -0.05) is 24.3 Å². The molecular formula is C25H25N3O3S. The first kappa shape index (κ1) is 23.0. The Morgan fingerprint density at radius 3 is 2.16 bits per heavy atom. The molecule has 0 aliphatic rings. The van der Waals surface area contributed by atoms with Crippen LogP contribution in [0.5, 0.6) is 0 Å². The van der Waals surface area contributed by atoms with Gasteiger partial charge in [0, 0.05) is 24.8 Å². The molecule has 3 aromatic rings. The molecule has 7 heteroatoms. The van der Waals surface area contributed by atoms with Gasteiger partial charge in [-0.3, -0.25) is 9.10 Å². The van der Waals surface area contributed by atoms with Crippen molar-refractivity contribution in [1.29, 1.82) is 5.26 Å². The van der Waals surface area contributed by atoms with E-state index in [4.69, 9.17) is 5.26 Å². The van der Waals surface area contributed by atoms with Crippen LogP contribution in [-0.4, -0.2) is 27.9 Å². The summed E-state index contributed by atoms with van der Waals surface area (Å²) in [6, 6.07) is 22.5. The highest BCUT2D eigenvalue weighted by Gasteiger charge is 2.23. The highest BCUT2D eigenvalue weighted by Crippen LogP contribution is 2.24. The lowest BCUT2D eigenvalue weighted by Crippen LogP contribution is -2.32. The maximum Gasteiger partial charge on any atom is 0.264 e. The summed E-state index contributed by atoms with van der Waals surface area (Å²) in [6.45, 7) is 4.20. The Balaban J connectivity index is 1.89. The molecule has 0 saturated heterocycles. The number of hydrogen-bond donors (Lipinski definition) is 0. The van der Waals surface area contributed by atoms with E-state index >= 15 is 0 Å². The van der Waals surface area contributed by atoms with Crippen molar-refractivity contribution >= 4 is 27.3 Å². The predicted molar refractivity (Wildman–Crippen MR) is 126 cm³/mol. The van der Waals surface area contributed by atoms with Gasteiger partial charge in [0.25, 0.3) is 15.9 Å². The average Bonchev–Trinajstić information content (AvgIpc) is 2.81. The number of aryl methyl sites for hydroxylation is 2. The summed E-state index contributed by atoms with van der Waals surface area (Å²) in [6.07, 6.45) is 0.187. The van der Waals surface area contributed by atoms with Crippen LogP contribution in [0.15, 0.2) is 77.7 Å². The molecule has 164 valence electrons. The number of hydrogen-bond acceptors (Lipinski definition) is 4. The molecule has 0 radical (unpaired) electrons. The average molecular weight is 448 g/mol. The van der Waals surface area contributed by atoms with Crippen LogP contribution in [-0.2, 0) is 10.0 Å². The van der Waals surface area contributed by atoms with Crippen molar-refractivity contribution < 1.29 is 13.2 Å². The standard InChI is InChI=1S/C25H25N3O3S/c1-19-10-13-23(18-20(19)2)28(17-7-16-26)25(29)21-11-14-24(15-12-21)32(30,31)27(3)22-8-5-4-6-9-22/h4-6,8-15,18H,7,17H2,1-3H3. The van der Waals surface area contributed by atoms with Crippen LogP contribution < -0.4 is 9.21 Å². The maximum absolute atomic E-state index is 13.2. The topological polar surface area (TPSA) is 81.5 Å². The number of nitriles is 1. The number of para-hydroxylation sites is 1. The van der Waals surface area contributed by atoms with Crippen molar-refractivity contribution in [1.82, 2.24) is 0 Å². The maximum atomic E-state index is 13.2. The molecule has 3 aromatic carbocycles. The van der Waals surface area contributed by atoms with Crippen LogP contribution in [0.1, 0.15) is 27.9 Å². The minimum Gasteiger partial charge on any atom is -0.307 e. The Morgan fingerprint density at radius 2 is 1.56 bits per heavy atom. The highest BCUT2D eigenvalue weighted by atomic mass is 32.2. The largest absolute Gasteiger partial charge is 0.307 e. The zero-order valence-electron chi connectivity index (χ0n) is 18.3. The number of nitrogens with zero attached hydrogens (tertiary/aromatic N) is 3. The summed E-state index contributed by atoms with van der Waals surface area (Å²) >= 11 is 0. The van der Waals surface area contributed by atoms with Gasteiger partial charge in [-0.25, -0.2) is 8.42 Å². The Hall–Kier alpha value is -3.63. The third-order valence-corrected chi connectivity index (χ3v) is 7.17. The van der Waals surface area contributed by atoms with Gasteiger partial charge in [-0.05, 0) is 73.5 Å². The molecule has 0 N–H and O–H groups in total. The number of rotatable bonds is 7. The number of anilines is 2. The molecule has 0 spiro atoms. The fraction of sp³-hybridized carbons (Fsp3) is 0.200. The molecule has 1 amide bonds. The van der Waals surface area contributed by atoms with Gasteiger partial charge in [0.2, 0.25) is 0 Å². The first-order valence-corrected chi connectivity index (χ1v) is 11.6. The molecule has 0 atom stereocenters. The van der Waals surface area contributed by atoms with Crippen molar-refractivity contribution in [3.63, 3.8) is 0 Å². The lowest BCUT2D eigenvalue weighted by atomic mass is 10.1. The van der Waals surface area contributed by atoms with E-state index in [1.807, 2.05) is 38.1 Å². The van der Waals surface area contributed by atoms with Crippen LogP contribution in [0.25, 0.3) is 0 Å². The van der Waals surface area contributed by atoms with Gasteiger partial charge < -0.3 is 4.90 Å². The Bertz CT molecular complexity index is 1250. The predicted octanol–water partition coefficient (Wildman–Crippen LogP) is 4.69. The Morgan fingerprint density at radius 1 is 0.906 bits per heavy atom. The summed E-state index contributed by atoms with van der Waals surface area (Å²) in [7, 11) is -2.27. The lowest BCUT2D eigenvalue weighted by molar-refractivity contribution is 0.0987. The second-order valence-electron chi connectivity index (χ2n) is 7.47. The smallest absolute Gasteiger partial charge is 0.264 e. The molecular weight excluding hydrogens is 422 g/mol. The van der Waals surface area contributed by atoms with Gasteiger partial charge in [-0.15, -0.1) is 0 Å². The molecule has 0 heterocycles. The molecule has 0 aliphatic heterocycles. The van der Waals surface area contributed by atoms with E-state index in [9.17, 15) is 13.2 Å². The minimum absolute atomic E-state index is 0.0927. The minimum atomic E-state index is -3.77. The van der Waals surface area contributed by atoms with Gasteiger partial charge in [0.1, 0.15) is 0 Å². The van der Waals surface area contributed by atoms with Crippen LogP contribution in [0.4, 0.5) is 11.4 Å². The van der Waals surface area contributed by atoms with Crippen LogP contribution in [0, 0.1) is 25.2 Å². The van der Waals surface area contributed by atoms with E-state index in [1.165, 1.54) is 35.6 Å². The first-order chi connectivity index (χ1) is 15.3. The molecule has 32 heavy (non-hydrogen) atoms. The van der Waals surface area contributed by atoms with Crippen molar-refractivity contribution in [3.05, 3.63) is 89.5 Å². The van der Waals surface area contributed by atoms with E-state index < -0.39 is 10.0 Å². The zero-order chi connectivity index (χ0) is 23.3. The van der Waals surface area contributed by atoms with Crippen molar-refractivity contribution in [3.8, 4) is 6.07 Å². The summed E-state index contributed by atoms with van der Waals surface area (Å²) < 4.78 is 27.2. The Kier molecular flexibility index (Phi) is 6.96. The van der Waals surface area contributed by atoms with Gasteiger partial charge in [-0.2, -0.15) is 5.26 Å². The summed E-state index contributed by atoms with van der Waals surface area (Å²) in [5, 5.41) is 9.03. The molecule has 0 aliphatic carbocycles. The lowest BCUT2D eigenvalue weighted by Gasteiger charge is -2.23. The van der Waals surface area contributed by atoms with E-state index in [2.05, 4.69) is 6.07 Å². The fourth-order valence-electron chi connectivity index (χ4n) is 3.26. The fourth-order valence-corrected chi connectivity index (χ4v) is 4.46. The van der Waals surface area contributed by atoms with Gasteiger partial charge >= 0.3 is 0 Å². The molecule has 0 fully saturated rings. The monoisotopic (exact) mass is 447 g/mol. The Labute approximate surface area is 189 Å². The normalized spacial score (nSPS) is 10.9. The first-order valence-electron chi connectivity index (χ1n) is 10.2. The SMILES string of the molecule is Cc1ccc(N(CCC#N)C(=O)c2ccc(S(=O)(=O)N(C)c3ccccc3)cc2)cc1C. The second-order valence-corrected chi connectivity index (χ2v) is 9.44. The van der Waals surface area contributed by atoms with Gasteiger partial charge in [0.15, 0.2) is 0 Å². The number of sulfonamides is 1. The number of benzene rings is 3. The quantitative estimate of drug-likeness (QED) is 0.526. The van der Waals surface area contributed by atoms with Crippen molar-refractivity contribution in [2.24, 2.45) is 0 Å². The van der Waals surface area contributed by atoms with E-state index in [-0.39, 0.29) is 23.8 Å². The second kappa shape index (κ2) is 9.67. The molecule has 6 nitrogen and oxygen atoms in total. The number of carbonyl (C=O) groups excluding carboxylic acids is 1. The molecule has 0 bridgehead atoms. The van der Waals surface area contributed by atoms with Crippen molar-refractivity contribution in [2.75, 3.05) is 22.8 Å². The van der Waals surface area contributed by atoms with Crippen molar-refractivity contribution in [2.45, 2.75) is 25.2 Å².